The Morgan fingerprint density at radius 2 is 1.28 bits per heavy atom. The lowest BCUT2D eigenvalue weighted by Crippen LogP contribution is -2.21. The minimum Gasteiger partial charge on any atom is -0.369 e. The summed E-state index contributed by atoms with van der Waals surface area (Å²) in [6, 6.07) is 21.8. The van der Waals surface area contributed by atoms with Crippen LogP contribution in [0.15, 0.2) is 88.1 Å². The van der Waals surface area contributed by atoms with E-state index in [1.807, 2.05) is 48.5 Å². The van der Waals surface area contributed by atoms with Crippen molar-refractivity contribution in [1.82, 2.24) is 0 Å². The Balaban J connectivity index is 0.00000300. The molecule has 0 aliphatic carbocycles. The zero-order valence-electron chi connectivity index (χ0n) is 15.4. The van der Waals surface area contributed by atoms with Gasteiger partial charge in [0.1, 0.15) is 5.82 Å². The fraction of sp³-hybridized carbons (Fsp3) is 0. The molecule has 0 aromatic heterocycles. The fourth-order valence-corrected chi connectivity index (χ4v) is 2.39. The molecule has 5 N–H and O–H groups in total. The van der Waals surface area contributed by atoms with Gasteiger partial charge in [-0.3, -0.25) is 5.43 Å². The Morgan fingerprint density at radius 3 is 1.79 bits per heavy atom. The van der Waals surface area contributed by atoms with E-state index < -0.39 is 0 Å². The number of rotatable bonds is 6. The lowest BCUT2D eigenvalue weighted by atomic mass is 10.0. The Bertz CT molecular complexity index is 993. The van der Waals surface area contributed by atoms with Gasteiger partial charge in [-0.1, -0.05) is 48.5 Å². The molecule has 0 aliphatic rings. The van der Waals surface area contributed by atoms with Crippen LogP contribution in [0.1, 0.15) is 11.1 Å². The lowest BCUT2D eigenvalue weighted by molar-refractivity contribution is 0.628. The van der Waals surface area contributed by atoms with Crippen LogP contribution in [0, 0.1) is 5.82 Å². The normalized spacial score (nSPS) is 10.7. The number of hydrogen-bond donors (Lipinski definition) is 3. The summed E-state index contributed by atoms with van der Waals surface area (Å²) in [7, 11) is 0. The van der Waals surface area contributed by atoms with Gasteiger partial charge >= 0.3 is 0 Å². The van der Waals surface area contributed by atoms with E-state index in [9.17, 15) is 4.39 Å². The molecule has 3 aromatic rings. The van der Waals surface area contributed by atoms with Crippen LogP contribution < -0.4 is 16.9 Å². The first-order valence-corrected chi connectivity index (χ1v) is 8.47. The monoisotopic (exact) mass is 410 g/mol. The van der Waals surface area contributed by atoms with E-state index in [1.54, 1.807) is 24.6 Å². The van der Waals surface area contributed by atoms with Crippen molar-refractivity contribution >= 4 is 36.5 Å². The predicted octanol–water partition coefficient (Wildman–Crippen LogP) is 3.97. The Kier molecular flexibility index (Phi) is 7.88. The molecule has 3 rings (SSSR count). The molecule has 0 radical (unpaired) electrons. The average Bonchev–Trinajstić information content (AvgIpc) is 2.70. The number of guanidine groups is 1. The Labute approximate surface area is 174 Å². The summed E-state index contributed by atoms with van der Waals surface area (Å²) in [4.78, 5) is 0. The van der Waals surface area contributed by atoms with E-state index >= 15 is 0 Å². The van der Waals surface area contributed by atoms with Crippen LogP contribution in [0.4, 0.5) is 10.1 Å². The molecule has 0 aliphatic heterocycles. The molecule has 0 unspecified atom stereocenters. The van der Waals surface area contributed by atoms with Crippen molar-refractivity contribution in [2.75, 3.05) is 5.43 Å². The molecule has 0 atom stereocenters. The molecule has 148 valence electrons. The van der Waals surface area contributed by atoms with Crippen LogP contribution >= 0.6 is 12.4 Å². The van der Waals surface area contributed by atoms with E-state index in [0.29, 0.717) is 0 Å². The van der Waals surface area contributed by atoms with Gasteiger partial charge in [0.05, 0.1) is 18.1 Å². The van der Waals surface area contributed by atoms with E-state index in [4.69, 9.17) is 11.5 Å². The number of benzene rings is 3. The highest BCUT2D eigenvalue weighted by Crippen LogP contribution is 2.20. The third-order valence-corrected chi connectivity index (χ3v) is 3.79. The maximum Gasteiger partial charge on any atom is 0.211 e. The molecule has 3 aromatic carbocycles. The summed E-state index contributed by atoms with van der Waals surface area (Å²) in [6.45, 7) is 0. The van der Waals surface area contributed by atoms with Crippen molar-refractivity contribution in [1.29, 1.82) is 0 Å². The van der Waals surface area contributed by atoms with Gasteiger partial charge in [-0.2, -0.15) is 10.2 Å². The zero-order valence-corrected chi connectivity index (χ0v) is 16.2. The van der Waals surface area contributed by atoms with Gasteiger partial charge in [-0.15, -0.1) is 17.5 Å². The number of nitrogens with two attached hydrogens (primary N) is 2. The van der Waals surface area contributed by atoms with E-state index in [1.165, 1.54) is 12.1 Å². The highest BCUT2D eigenvalue weighted by atomic mass is 35.5. The standard InChI is InChI=1S/C21H19FN6.ClH/c22-19-9-11-20(12-10-19)27-25-13-15-1-5-17(6-2-15)18-7-3-16(4-8-18)14-26-28-21(23)24;/h1-14,27H,(H4,23,24,28);1H/b25-13+,26-14?;. The third kappa shape index (κ3) is 6.75. The van der Waals surface area contributed by atoms with Crippen LogP contribution in [0.5, 0.6) is 0 Å². The van der Waals surface area contributed by atoms with Crippen LogP contribution in [0.3, 0.4) is 0 Å². The highest BCUT2D eigenvalue weighted by molar-refractivity contribution is 5.85. The van der Waals surface area contributed by atoms with Gasteiger partial charge in [-0.05, 0) is 46.5 Å². The van der Waals surface area contributed by atoms with Crippen LogP contribution in [0.2, 0.25) is 0 Å². The first-order valence-electron chi connectivity index (χ1n) is 8.47. The summed E-state index contributed by atoms with van der Waals surface area (Å²) in [6.07, 6.45) is 3.29. The topological polar surface area (TPSA) is 101 Å². The molecule has 6 nitrogen and oxygen atoms in total. The number of anilines is 1. The predicted molar refractivity (Wildman–Crippen MR) is 120 cm³/mol. The summed E-state index contributed by atoms with van der Waals surface area (Å²) >= 11 is 0. The molecule has 8 heteroatoms. The number of hydrazone groups is 1. The maximum absolute atomic E-state index is 12.9. The van der Waals surface area contributed by atoms with Crippen molar-refractivity contribution < 1.29 is 4.39 Å². The molecule has 0 amide bonds. The van der Waals surface area contributed by atoms with Crippen molar-refractivity contribution in [3.63, 3.8) is 0 Å². The second-order valence-electron chi connectivity index (χ2n) is 5.89. The smallest absolute Gasteiger partial charge is 0.211 e. The molecule has 0 fully saturated rings. The van der Waals surface area contributed by atoms with Crippen LogP contribution in [-0.4, -0.2) is 18.4 Å². The first-order chi connectivity index (χ1) is 13.6. The second kappa shape index (κ2) is 10.6. The quantitative estimate of drug-likeness (QED) is 0.325. The van der Waals surface area contributed by atoms with Gasteiger partial charge in [0.15, 0.2) is 0 Å². The minimum absolute atomic E-state index is 0. The lowest BCUT2D eigenvalue weighted by Gasteiger charge is -2.03. The SMILES string of the molecule is Cl.NC(N)=NN=Cc1ccc(-c2ccc(/C=N/Nc3ccc(F)cc3)cc2)cc1. The van der Waals surface area contributed by atoms with Gasteiger partial charge in [0.2, 0.25) is 5.96 Å². The molecule has 0 bridgehead atoms. The molecular weight excluding hydrogens is 391 g/mol. The zero-order chi connectivity index (χ0) is 19.8. The van der Waals surface area contributed by atoms with Gasteiger partial charge in [0, 0.05) is 0 Å². The molecular formula is C21H20ClFN6. The number of nitrogens with one attached hydrogen (secondary N) is 1. The molecule has 0 saturated carbocycles. The summed E-state index contributed by atoms with van der Waals surface area (Å²) in [5.74, 6) is -0.358. The van der Waals surface area contributed by atoms with Crippen molar-refractivity contribution in [2.45, 2.75) is 0 Å². The van der Waals surface area contributed by atoms with Gasteiger partial charge in [-0.25, -0.2) is 4.39 Å². The van der Waals surface area contributed by atoms with Gasteiger partial charge in [0.25, 0.3) is 0 Å². The third-order valence-electron chi connectivity index (χ3n) is 3.79. The molecule has 0 spiro atoms. The van der Waals surface area contributed by atoms with E-state index in [2.05, 4.69) is 20.7 Å². The molecule has 0 heterocycles. The van der Waals surface area contributed by atoms with E-state index in [-0.39, 0.29) is 24.2 Å². The number of nitrogens with zero attached hydrogens (tertiary/aromatic N) is 3. The summed E-state index contributed by atoms with van der Waals surface area (Å²) < 4.78 is 12.9. The molecule has 29 heavy (non-hydrogen) atoms. The van der Waals surface area contributed by atoms with Crippen molar-refractivity contribution in [2.24, 2.45) is 26.8 Å². The molecule has 0 saturated heterocycles. The minimum atomic E-state index is -0.279. The average molecular weight is 411 g/mol. The van der Waals surface area contributed by atoms with E-state index in [0.717, 1.165) is 27.9 Å². The Hall–Kier alpha value is -3.71. The highest BCUT2D eigenvalue weighted by Gasteiger charge is 1.98. The van der Waals surface area contributed by atoms with Crippen LogP contribution in [0.25, 0.3) is 11.1 Å². The van der Waals surface area contributed by atoms with Crippen molar-refractivity contribution in [3.05, 3.63) is 89.7 Å². The fourth-order valence-electron chi connectivity index (χ4n) is 2.39. The largest absolute Gasteiger partial charge is 0.369 e. The van der Waals surface area contributed by atoms with Crippen molar-refractivity contribution in [3.8, 4) is 11.1 Å². The second-order valence-corrected chi connectivity index (χ2v) is 5.89. The van der Waals surface area contributed by atoms with Gasteiger partial charge < -0.3 is 11.5 Å². The first kappa shape index (κ1) is 21.6. The van der Waals surface area contributed by atoms with Crippen LogP contribution in [-0.2, 0) is 0 Å². The maximum atomic E-state index is 12.9. The summed E-state index contributed by atoms with van der Waals surface area (Å²) in [5, 5.41) is 11.5. The summed E-state index contributed by atoms with van der Waals surface area (Å²) in [5.41, 5.74) is 18.0. The number of hydrogen-bond acceptors (Lipinski definition) is 4. The Morgan fingerprint density at radius 1 is 0.759 bits per heavy atom. The number of halogens is 2.